The highest BCUT2D eigenvalue weighted by Crippen LogP contribution is 2.02. The number of nitrogens with zero attached hydrogens (tertiary/aromatic N) is 1. The summed E-state index contributed by atoms with van der Waals surface area (Å²) in [6.07, 6.45) is 3.94. The lowest BCUT2D eigenvalue weighted by Gasteiger charge is -2.14. The molecule has 12 heteroatoms. The minimum atomic E-state index is -1.20. The molecule has 0 bridgehead atoms. The van der Waals surface area contributed by atoms with Crippen LogP contribution >= 0.6 is 0 Å². The average Bonchev–Trinajstić information content (AvgIpc) is 2.64. The fourth-order valence-corrected chi connectivity index (χ4v) is 2.48. The average molecular weight is 413 g/mol. The number of carboxylic acid groups (broad SMARTS) is 1. The quantitative estimate of drug-likeness (QED) is 0.275. The standard InChI is InChI=1S/C17H27N5O7/c18-15(26)19-8-5-6-12(14(24)25)20-17(28)29-11-4-2-1-3-9-22-10-7-13(23)21-16(22)27/h7,10,12H,1-6,8-9,11H2,(H,20,28)(H,24,25)(H3,18,19,26)(H,21,23,27)/t12-/m0/s1. The highest BCUT2D eigenvalue weighted by molar-refractivity contribution is 5.79. The lowest BCUT2D eigenvalue weighted by atomic mass is 10.1. The van der Waals surface area contributed by atoms with E-state index in [1.54, 1.807) is 0 Å². The first kappa shape index (κ1) is 23.7. The third-order valence-electron chi connectivity index (χ3n) is 3.98. The van der Waals surface area contributed by atoms with Gasteiger partial charge in [0.1, 0.15) is 6.04 Å². The molecule has 0 saturated heterocycles. The van der Waals surface area contributed by atoms with E-state index in [-0.39, 0.29) is 19.6 Å². The number of aromatic amines is 1. The molecule has 0 saturated carbocycles. The topological polar surface area (TPSA) is 186 Å². The molecule has 1 aromatic rings. The number of nitrogens with one attached hydrogen (secondary N) is 3. The number of hydrogen-bond donors (Lipinski definition) is 5. The number of primary amides is 1. The van der Waals surface area contributed by atoms with Crippen molar-refractivity contribution in [3.05, 3.63) is 33.1 Å². The van der Waals surface area contributed by atoms with Crippen LogP contribution in [0.25, 0.3) is 0 Å². The Kier molecular flexibility index (Phi) is 10.6. The molecule has 0 aromatic carbocycles. The van der Waals surface area contributed by atoms with E-state index in [1.807, 2.05) is 0 Å². The molecule has 1 atom stereocenters. The molecule has 162 valence electrons. The molecular formula is C17H27N5O7. The maximum atomic E-state index is 11.7. The van der Waals surface area contributed by atoms with Gasteiger partial charge >= 0.3 is 23.8 Å². The molecule has 3 amide bonds. The highest BCUT2D eigenvalue weighted by Gasteiger charge is 2.20. The normalized spacial score (nSPS) is 11.4. The summed E-state index contributed by atoms with van der Waals surface area (Å²) in [7, 11) is 0. The lowest BCUT2D eigenvalue weighted by Crippen LogP contribution is -2.41. The fraction of sp³-hybridized carbons (Fsp3) is 0.588. The first-order valence-corrected chi connectivity index (χ1v) is 9.28. The van der Waals surface area contributed by atoms with E-state index in [9.17, 15) is 24.0 Å². The summed E-state index contributed by atoms with van der Waals surface area (Å²) < 4.78 is 6.38. The van der Waals surface area contributed by atoms with E-state index in [0.29, 0.717) is 19.4 Å². The number of unbranched alkanes of at least 4 members (excludes halogenated alkanes) is 3. The summed E-state index contributed by atoms with van der Waals surface area (Å²) in [6, 6.07) is -0.533. The predicted molar refractivity (Wildman–Crippen MR) is 103 cm³/mol. The molecule has 0 aliphatic carbocycles. The van der Waals surface area contributed by atoms with Gasteiger partial charge in [-0.1, -0.05) is 6.42 Å². The molecule has 0 aliphatic heterocycles. The van der Waals surface area contributed by atoms with Crippen LogP contribution in [0.15, 0.2) is 21.9 Å². The molecule has 0 aliphatic rings. The molecule has 6 N–H and O–H groups in total. The molecule has 0 unspecified atom stereocenters. The number of amides is 3. The Morgan fingerprint density at radius 3 is 2.55 bits per heavy atom. The smallest absolute Gasteiger partial charge is 0.407 e. The maximum Gasteiger partial charge on any atom is 0.407 e. The maximum absolute atomic E-state index is 11.7. The van der Waals surface area contributed by atoms with Gasteiger partial charge in [-0.3, -0.25) is 9.78 Å². The van der Waals surface area contributed by atoms with Gasteiger partial charge in [-0.25, -0.2) is 19.2 Å². The summed E-state index contributed by atoms with van der Waals surface area (Å²) >= 11 is 0. The number of urea groups is 1. The molecule has 1 heterocycles. The highest BCUT2D eigenvalue weighted by atomic mass is 16.5. The van der Waals surface area contributed by atoms with Crippen LogP contribution in [0, 0.1) is 0 Å². The van der Waals surface area contributed by atoms with Crippen LogP contribution in [0.2, 0.25) is 0 Å². The number of ether oxygens (including phenoxy) is 1. The Bertz CT molecular complexity index is 789. The van der Waals surface area contributed by atoms with E-state index in [1.165, 1.54) is 16.8 Å². The summed E-state index contributed by atoms with van der Waals surface area (Å²) in [6.45, 7) is 0.822. The van der Waals surface area contributed by atoms with E-state index < -0.39 is 35.4 Å². The third kappa shape index (κ3) is 10.6. The predicted octanol–water partition coefficient (Wildman–Crippen LogP) is -0.275. The second-order valence-electron chi connectivity index (χ2n) is 6.32. The van der Waals surface area contributed by atoms with Crippen molar-refractivity contribution in [2.75, 3.05) is 13.2 Å². The Labute approximate surface area is 166 Å². The van der Waals surface area contributed by atoms with Crippen molar-refractivity contribution < 1.29 is 24.2 Å². The Morgan fingerprint density at radius 1 is 1.17 bits per heavy atom. The first-order valence-electron chi connectivity index (χ1n) is 9.28. The number of carbonyl (C=O) groups excluding carboxylic acids is 2. The summed E-state index contributed by atoms with van der Waals surface area (Å²) in [5, 5.41) is 13.7. The minimum absolute atomic E-state index is 0.120. The van der Waals surface area contributed by atoms with Crippen molar-refractivity contribution in [3.8, 4) is 0 Å². The molecule has 1 aromatic heterocycles. The Morgan fingerprint density at radius 2 is 1.90 bits per heavy atom. The van der Waals surface area contributed by atoms with Gasteiger partial charge < -0.3 is 30.8 Å². The van der Waals surface area contributed by atoms with Gasteiger partial charge in [0.05, 0.1) is 6.61 Å². The molecular weight excluding hydrogens is 386 g/mol. The molecule has 0 radical (unpaired) electrons. The van der Waals surface area contributed by atoms with Gasteiger partial charge in [0.25, 0.3) is 5.56 Å². The van der Waals surface area contributed by atoms with Gasteiger partial charge in [0.15, 0.2) is 0 Å². The SMILES string of the molecule is NC(=O)NCCC[C@H](NC(=O)OCCCCCCn1ccc(=O)[nH]c1=O)C(=O)O. The van der Waals surface area contributed by atoms with Crippen molar-refractivity contribution >= 4 is 18.1 Å². The third-order valence-corrected chi connectivity index (χ3v) is 3.98. The monoisotopic (exact) mass is 413 g/mol. The van der Waals surface area contributed by atoms with Crippen LogP contribution in [0.3, 0.4) is 0 Å². The van der Waals surface area contributed by atoms with Crippen LogP contribution in [0.4, 0.5) is 9.59 Å². The summed E-state index contributed by atoms with van der Waals surface area (Å²) in [5.74, 6) is -1.20. The largest absolute Gasteiger partial charge is 0.480 e. The van der Waals surface area contributed by atoms with Gasteiger partial charge in [0, 0.05) is 25.4 Å². The molecule has 0 spiro atoms. The number of aromatic nitrogens is 2. The minimum Gasteiger partial charge on any atom is -0.480 e. The fourth-order valence-electron chi connectivity index (χ4n) is 2.48. The molecule has 29 heavy (non-hydrogen) atoms. The number of nitrogens with two attached hydrogens (primary N) is 1. The van der Waals surface area contributed by atoms with E-state index in [4.69, 9.17) is 15.6 Å². The van der Waals surface area contributed by atoms with E-state index >= 15 is 0 Å². The Hall–Kier alpha value is -3.31. The zero-order valence-electron chi connectivity index (χ0n) is 16.0. The zero-order valence-corrected chi connectivity index (χ0v) is 16.0. The van der Waals surface area contributed by atoms with Crippen LogP contribution in [-0.4, -0.2) is 51.9 Å². The van der Waals surface area contributed by atoms with Gasteiger partial charge in [-0.05, 0) is 32.1 Å². The number of aryl methyl sites for hydroxylation is 1. The van der Waals surface area contributed by atoms with Crippen molar-refractivity contribution in [3.63, 3.8) is 0 Å². The number of alkyl carbamates (subject to hydrolysis) is 1. The van der Waals surface area contributed by atoms with Gasteiger partial charge in [-0.15, -0.1) is 0 Å². The summed E-state index contributed by atoms with van der Waals surface area (Å²) in [5.41, 5.74) is 4.02. The van der Waals surface area contributed by atoms with Crippen LogP contribution in [0.5, 0.6) is 0 Å². The van der Waals surface area contributed by atoms with Crippen molar-refractivity contribution in [2.24, 2.45) is 5.73 Å². The second kappa shape index (κ2) is 13.0. The number of aliphatic carboxylic acids is 1. The molecule has 1 rings (SSSR count). The number of carboxylic acids is 1. The zero-order chi connectivity index (χ0) is 21.6. The number of H-pyrrole nitrogens is 1. The first-order chi connectivity index (χ1) is 13.8. The van der Waals surface area contributed by atoms with Gasteiger partial charge in [0.2, 0.25) is 0 Å². The van der Waals surface area contributed by atoms with Crippen molar-refractivity contribution in [2.45, 2.75) is 51.1 Å². The van der Waals surface area contributed by atoms with Crippen LogP contribution in [-0.2, 0) is 16.1 Å². The number of carbonyl (C=O) groups is 3. The van der Waals surface area contributed by atoms with Crippen LogP contribution in [0.1, 0.15) is 38.5 Å². The lowest BCUT2D eigenvalue weighted by molar-refractivity contribution is -0.139. The van der Waals surface area contributed by atoms with Gasteiger partial charge in [-0.2, -0.15) is 0 Å². The second-order valence-corrected chi connectivity index (χ2v) is 6.32. The van der Waals surface area contributed by atoms with E-state index in [0.717, 1.165) is 19.3 Å². The molecule has 0 fully saturated rings. The number of rotatable bonds is 13. The molecule has 12 nitrogen and oxygen atoms in total. The van der Waals surface area contributed by atoms with Crippen molar-refractivity contribution in [1.82, 2.24) is 20.2 Å². The van der Waals surface area contributed by atoms with E-state index in [2.05, 4.69) is 15.6 Å². The number of hydrogen-bond acceptors (Lipinski definition) is 6. The van der Waals surface area contributed by atoms with Crippen LogP contribution < -0.4 is 27.6 Å². The Balaban J connectivity index is 2.15. The summed E-state index contributed by atoms with van der Waals surface area (Å²) in [4.78, 5) is 58.0. The van der Waals surface area contributed by atoms with Crippen molar-refractivity contribution in [1.29, 1.82) is 0 Å².